The summed E-state index contributed by atoms with van der Waals surface area (Å²) in [6.07, 6.45) is 0. The molecule has 0 aromatic heterocycles. The summed E-state index contributed by atoms with van der Waals surface area (Å²) >= 11 is 0. The smallest absolute Gasteiger partial charge is 0.115 e. The van der Waals surface area contributed by atoms with Crippen LogP contribution in [0.15, 0.2) is 78.9 Å². The van der Waals surface area contributed by atoms with Crippen LogP contribution in [0.1, 0.15) is 71.1 Å². The van der Waals surface area contributed by atoms with Gasteiger partial charge in [-0.15, -0.1) is 0 Å². The van der Waals surface area contributed by atoms with Gasteiger partial charge >= 0.3 is 0 Å². The van der Waals surface area contributed by atoms with Gasteiger partial charge in [0.05, 0.1) is 0 Å². The highest BCUT2D eigenvalue weighted by Crippen LogP contribution is 2.33. The molecule has 0 atom stereocenters. The van der Waals surface area contributed by atoms with E-state index in [2.05, 4.69) is 16.9 Å². The molecule has 3 aromatic carbocycles. The van der Waals surface area contributed by atoms with Gasteiger partial charge in [0.2, 0.25) is 0 Å². The van der Waals surface area contributed by atoms with Crippen molar-refractivity contribution in [2.24, 2.45) is 0 Å². The number of phenolic OH excluding ortho intramolecular Hbond substituents is 2. The van der Waals surface area contributed by atoms with Crippen LogP contribution in [-0.2, 0) is 4.74 Å². The number of hydrogen-bond acceptors (Lipinski definition) is 3. The van der Waals surface area contributed by atoms with E-state index < -0.39 is 0 Å². The molecule has 3 aromatic rings. The van der Waals surface area contributed by atoms with Crippen LogP contribution in [0.25, 0.3) is 0 Å². The van der Waals surface area contributed by atoms with Gasteiger partial charge in [-0.3, -0.25) is 0 Å². The lowest BCUT2D eigenvalue weighted by Gasteiger charge is -2.19. The molecular formula is C28H42O3. The largest absolute Gasteiger partial charge is 0.508 e. The Hall–Kier alpha value is -2.78. The normalized spacial score (nSPS) is 8.81. The van der Waals surface area contributed by atoms with Gasteiger partial charge in [-0.1, -0.05) is 96.1 Å². The van der Waals surface area contributed by atoms with Crippen LogP contribution in [0.2, 0.25) is 0 Å². The minimum absolute atomic E-state index is 0.0763. The van der Waals surface area contributed by atoms with Crippen LogP contribution in [-0.4, -0.2) is 23.9 Å². The lowest BCUT2D eigenvalue weighted by molar-refractivity contribution is 0.215. The molecule has 0 aliphatic heterocycles. The first kappa shape index (κ1) is 30.4. The number of hydrogen-bond donors (Lipinski definition) is 2. The van der Waals surface area contributed by atoms with Crippen LogP contribution < -0.4 is 0 Å². The maximum absolute atomic E-state index is 9.48. The number of methoxy groups -OCH3 is 1. The maximum Gasteiger partial charge on any atom is 0.115 e. The van der Waals surface area contributed by atoms with Crippen molar-refractivity contribution in [1.82, 2.24) is 0 Å². The number of ether oxygens (including phenoxy) is 1. The summed E-state index contributed by atoms with van der Waals surface area (Å²) in [5.41, 5.74) is 3.38. The topological polar surface area (TPSA) is 49.7 Å². The third-order valence-electron chi connectivity index (χ3n) is 3.87. The van der Waals surface area contributed by atoms with Gasteiger partial charge in [-0.25, -0.2) is 0 Å². The monoisotopic (exact) mass is 426 g/mol. The third-order valence-corrected chi connectivity index (χ3v) is 3.87. The third kappa shape index (κ3) is 11.9. The van der Waals surface area contributed by atoms with Crippen LogP contribution in [0.4, 0.5) is 0 Å². The Labute approximate surface area is 190 Å². The molecule has 0 unspecified atom stereocenters. The fraction of sp³-hybridized carbons (Fsp3) is 0.357. The highest BCUT2D eigenvalue weighted by molar-refractivity contribution is 5.45. The lowest BCUT2D eigenvalue weighted by atomic mass is 9.85. The van der Waals surface area contributed by atoms with E-state index >= 15 is 0 Å². The molecule has 3 nitrogen and oxygen atoms in total. The van der Waals surface area contributed by atoms with Gasteiger partial charge in [0.15, 0.2) is 0 Å². The molecule has 0 aliphatic rings. The predicted octanol–water partition coefficient (Wildman–Crippen LogP) is 8.01. The second-order valence-electron chi connectivity index (χ2n) is 5.60. The van der Waals surface area contributed by atoms with Gasteiger partial charge in [0.25, 0.3) is 0 Å². The van der Waals surface area contributed by atoms with Crippen LogP contribution in [0.5, 0.6) is 11.5 Å². The highest BCUT2D eigenvalue weighted by Gasteiger charge is 2.16. The van der Waals surface area contributed by atoms with Crippen molar-refractivity contribution >= 4 is 0 Å². The van der Waals surface area contributed by atoms with Crippen molar-refractivity contribution in [3.63, 3.8) is 0 Å². The van der Waals surface area contributed by atoms with Gasteiger partial charge in [-0.2, -0.15) is 0 Å². The molecule has 0 radical (unpaired) electrons. The summed E-state index contributed by atoms with van der Waals surface area (Å²) in [6.45, 7) is 14.8. The Balaban J connectivity index is 0. The summed E-state index contributed by atoms with van der Waals surface area (Å²) in [5.74, 6) is 0.597. The standard InChI is InChI=1S/C19H16O2.C3H8O.3C2H6/c20-17-10-6-15(7-11-17)19(14-4-2-1-3-5-14)16-8-12-18(21)13-9-16;1-3-4-2;3*1-2/h1-13,19-21H;3H2,1-2H3;3*1-2H3. The fourth-order valence-corrected chi connectivity index (χ4v) is 2.56. The Morgan fingerprint density at radius 3 is 1.16 bits per heavy atom. The number of benzene rings is 3. The number of rotatable bonds is 4. The molecule has 172 valence electrons. The van der Waals surface area contributed by atoms with E-state index in [1.807, 2.05) is 90.9 Å². The van der Waals surface area contributed by atoms with E-state index in [9.17, 15) is 10.2 Å². The zero-order valence-electron chi connectivity index (χ0n) is 20.6. The fourth-order valence-electron chi connectivity index (χ4n) is 2.56. The van der Waals surface area contributed by atoms with Crippen LogP contribution in [0, 0.1) is 0 Å². The van der Waals surface area contributed by atoms with Gasteiger partial charge < -0.3 is 14.9 Å². The molecule has 0 amide bonds. The van der Waals surface area contributed by atoms with Crippen molar-refractivity contribution in [1.29, 1.82) is 0 Å². The Bertz CT molecular complexity index is 688. The van der Waals surface area contributed by atoms with Crippen LogP contribution in [0.3, 0.4) is 0 Å². The average Bonchev–Trinajstić information content (AvgIpc) is 2.86. The van der Waals surface area contributed by atoms with Crippen molar-refractivity contribution < 1.29 is 14.9 Å². The van der Waals surface area contributed by atoms with E-state index in [-0.39, 0.29) is 17.4 Å². The van der Waals surface area contributed by atoms with Crippen LogP contribution >= 0.6 is 0 Å². The second kappa shape index (κ2) is 20.5. The molecule has 0 aliphatic carbocycles. The molecule has 3 heteroatoms. The maximum atomic E-state index is 9.48. The van der Waals surface area contributed by atoms with Gasteiger partial charge in [0.1, 0.15) is 11.5 Å². The SMILES string of the molecule is CC.CC.CC.CCOC.Oc1ccc(C(c2ccccc2)c2ccc(O)cc2)cc1. The summed E-state index contributed by atoms with van der Waals surface area (Å²) in [5, 5.41) is 19.0. The molecule has 0 bridgehead atoms. The van der Waals surface area contributed by atoms with Gasteiger partial charge in [-0.05, 0) is 47.9 Å². The predicted molar refractivity (Wildman–Crippen MR) is 135 cm³/mol. The van der Waals surface area contributed by atoms with E-state index in [1.54, 1.807) is 31.4 Å². The first-order valence-electron chi connectivity index (χ1n) is 11.3. The van der Waals surface area contributed by atoms with E-state index in [0.29, 0.717) is 0 Å². The lowest BCUT2D eigenvalue weighted by Crippen LogP contribution is -2.02. The molecule has 3 rings (SSSR count). The first-order valence-corrected chi connectivity index (χ1v) is 11.3. The zero-order valence-corrected chi connectivity index (χ0v) is 20.6. The molecule has 0 saturated carbocycles. The number of aromatic hydroxyl groups is 2. The van der Waals surface area contributed by atoms with Gasteiger partial charge in [0, 0.05) is 19.6 Å². The quantitative estimate of drug-likeness (QED) is 0.415. The molecule has 0 heterocycles. The average molecular weight is 427 g/mol. The van der Waals surface area contributed by atoms with Crippen molar-refractivity contribution in [3.05, 3.63) is 95.6 Å². The molecule has 31 heavy (non-hydrogen) atoms. The zero-order chi connectivity index (χ0) is 24.1. The van der Waals surface area contributed by atoms with E-state index in [4.69, 9.17) is 0 Å². The summed E-state index contributed by atoms with van der Waals surface area (Å²) < 4.78 is 4.54. The van der Waals surface area contributed by atoms with E-state index in [1.165, 1.54) is 5.56 Å². The van der Waals surface area contributed by atoms with Crippen molar-refractivity contribution in [3.8, 4) is 11.5 Å². The first-order chi connectivity index (χ1) is 15.2. The summed E-state index contributed by atoms with van der Waals surface area (Å²) in [7, 11) is 1.68. The van der Waals surface area contributed by atoms with Crippen molar-refractivity contribution in [2.45, 2.75) is 54.4 Å². The Kier molecular flexibility index (Phi) is 20.1. The molecule has 0 saturated heterocycles. The van der Waals surface area contributed by atoms with E-state index in [0.717, 1.165) is 17.7 Å². The highest BCUT2D eigenvalue weighted by atomic mass is 16.5. The summed E-state index contributed by atoms with van der Waals surface area (Å²) in [6, 6.07) is 24.7. The molecule has 2 N–H and O–H groups in total. The summed E-state index contributed by atoms with van der Waals surface area (Å²) in [4.78, 5) is 0. The molecule has 0 fully saturated rings. The minimum Gasteiger partial charge on any atom is -0.508 e. The minimum atomic E-state index is 0.0763. The Morgan fingerprint density at radius 1 is 0.581 bits per heavy atom. The van der Waals surface area contributed by atoms with Crippen molar-refractivity contribution in [2.75, 3.05) is 13.7 Å². The second-order valence-corrected chi connectivity index (χ2v) is 5.60. The Morgan fingerprint density at radius 2 is 0.871 bits per heavy atom. The molecule has 0 spiro atoms. The molecular weight excluding hydrogens is 384 g/mol. The number of phenols is 2.